The van der Waals surface area contributed by atoms with Crippen LogP contribution in [0.5, 0.6) is 11.5 Å². The van der Waals surface area contributed by atoms with Crippen molar-refractivity contribution in [3.8, 4) is 11.5 Å². The van der Waals surface area contributed by atoms with Crippen molar-refractivity contribution in [2.24, 2.45) is 4.99 Å². The van der Waals surface area contributed by atoms with Crippen LogP contribution in [-0.4, -0.2) is 47.7 Å². The molecule has 0 atom stereocenters. The van der Waals surface area contributed by atoms with Crippen LogP contribution >= 0.6 is 0 Å². The third-order valence-electron chi connectivity index (χ3n) is 4.02. The van der Waals surface area contributed by atoms with E-state index in [-0.39, 0.29) is 0 Å². The fourth-order valence-electron chi connectivity index (χ4n) is 2.68. The minimum atomic E-state index is 0.305. The highest BCUT2D eigenvalue weighted by atomic mass is 16.7. The minimum absolute atomic E-state index is 0.305. The standard InChI is InChI=1S/C17H24N6O2/c1-3-16-22-21-11-23(16)9-8-20-17(18-2)19-7-6-13-4-5-14-15(10-13)25-12-24-14/h4-5,10-11H,3,6-9,12H2,1-2H3,(H2,18,19,20). The van der Waals surface area contributed by atoms with Crippen molar-refractivity contribution >= 4 is 5.96 Å². The average molecular weight is 344 g/mol. The molecule has 3 rings (SSSR count). The van der Waals surface area contributed by atoms with Gasteiger partial charge in [0.15, 0.2) is 17.5 Å². The maximum atomic E-state index is 5.40. The predicted molar refractivity (Wildman–Crippen MR) is 95.0 cm³/mol. The van der Waals surface area contributed by atoms with E-state index in [4.69, 9.17) is 9.47 Å². The van der Waals surface area contributed by atoms with Crippen LogP contribution in [0.25, 0.3) is 0 Å². The van der Waals surface area contributed by atoms with Gasteiger partial charge >= 0.3 is 0 Å². The number of nitrogens with zero attached hydrogens (tertiary/aromatic N) is 4. The van der Waals surface area contributed by atoms with E-state index in [1.54, 1.807) is 13.4 Å². The molecule has 1 aliphatic rings. The Balaban J connectivity index is 1.40. The summed E-state index contributed by atoms with van der Waals surface area (Å²) in [6.07, 6.45) is 3.52. The molecule has 1 aromatic carbocycles. The topological polar surface area (TPSA) is 85.6 Å². The van der Waals surface area contributed by atoms with Crippen LogP contribution in [0.15, 0.2) is 29.5 Å². The zero-order valence-corrected chi connectivity index (χ0v) is 14.7. The highest BCUT2D eigenvalue weighted by Gasteiger charge is 2.12. The Bertz CT molecular complexity index is 728. The fourth-order valence-corrected chi connectivity index (χ4v) is 2.68. The average Bonchev–Trinajstić information content (AvgIpc) is 3.28. The first kappa shape index (κ1) is 17.1. The Labute approximate surface area is 147 Å². The Morgan fingerprint density at radius 1 is 1.24 bits per heavy atom. The molecular formula is C17H24N6O2. The van der Waals surface area contributed by atoms with Gasteiger partial charge in [-0.3, -0.25) is 4.99 Å². The zero-order valence-electron chi connectivity index (χ0n) is 14.7. The molecule has 0 aliphatic carbocycles. The number of aryl methyl sites for hydroxylation is 1. The van der Waals surface area contributed by atoms with Gasteiger partial charge in [-0.25, -0.2) is 0 Å². The van der Waals surface area contributed by atoms with E-state index in [0.717, 1.165) is 55.8 Å². The van der Waals surface area contributed by atoms with Gasteiger partial charge in [0.25, 0.3) is 0 Å². The fraction of sp³-hybridized carbons (Fsp3) is 0.471. The van der Waals surface area contributed by atoms with Gasteiger partial charge in [0.2, 0.25) is 6.79 Å². The van der Waals surface area contributed by atoms with Crippen molar-refractivity contribution in [2.75, 3.05) is 26.9 Å². The Hall–Kier alpha value is -2.77. The first-order valence-corrected chi connectivity index (χ1v) is 8.50. The molecule has 8 nitrogen and oxygen atoms in total. The molecule has 0 saturated carbocycles. The van der Waals surface area contributed by atoms with Gasteiger partial charge in [-0.05, 0) is 24.1 Å². The molecule has 0 bridgehead atoms. The summed E-state index contributed by atoms with van der Waals surface area (Å²) in [6.45, 7) is 4.73. The number of nitrogens with one attached hydrogen (secondary N) is 2. The molecule has 25 heavy (non-hydrogen) atoms. The maximum absolute atomic E-state index is 5.40. The number of guanidine groups is 1. The zero-order chi connectivity index (χ0) is 17.5. The minimum Gasteiger partial charge on any atom is -0.454 e. The van der Waals surface area contributed by atoms with Gasteiger partial charge in [0, 0.05) is 33.1 Å². The number of rotatable bonds is 7. The molecule has 0 saturated heterocycles. The summed E-state index contributed by atoms with van der Waals surface area (Å²) in [4.78, 5) is 4.25. The summed E-state index contributed by atoms with van der Waals surface area (Å²) in [5.74, 6) is 3.41. The van der Waals surface area contributed by atoms with E-state index >= 15 is 0 Å². The van der Waals surface area contributed by atoms with E-state index in [1.165, 1.54) is 5.56 Å². The normalized spacial score (nSPS) is 13.1. The maximum Gasteiger partial charge on any atom is 0.231 e. The third kappa shape index (κ3) is 4.40. The number of hydrogen-bond acceptors (Lipinski definition) is 5. The second-order valence-corrected chi connectivity index (χ2v) is 5.66. The number of ether oxygens (including phenoxy) is 2. The molecule has 1 aliphatic heterocycles. The molecule has 2 aromatic rings. The van der Waals surface area contributed by atoms with E-state index in [9.17, 15) is 0 Å². The Kier molecular flexibility index (Phi) is 5.71. The number of benzene rings is 1. The molecule has 1 aromatic heterocycles. The van der Waals surface area contributed by atoms with Crippen LogP contribution in [0.3, 0.4) is 0 Å². The first-order valence-electron chi connectivity index (χ1n) is 8.50. The van der Waals surface area contributed by atoms with Crippen LogP contribution in [-0.2, 0) is 19.4 Å². The van der Waals surface area contributed by atoms with Crippen molar-refractivity contribution in [3.63, 3.8) is 0 Å². The Morgan fingerprint density at radius 3 is 2.92 bits per heavy atom. The predicted octanol–water partition coefficient (Wildman–Crippen LogP) is 0.977. The lowest BCUT2D eigenvalue weighted by molar-refractivity contribution is 0.174. The summed E-state index contributed by atoms with van der Waals surface area (Å²) < 4.78 is 12.8. The second kappa shape index (κ2) is 8.36. The number of hydrogen-bond donors (Lipinski definition) is 2. The van der Waals surface area contributed by atoms with Crippen LogP contribution in [0, 0.1) is 0 Å². The van der Waals surface area contributed by atoms with Gasteiger partial charge in [-0.2, -0.15) is 0 Å². The molecule has 2 heterocycles. The van der Waals surface area contributed by atoms with Crippen molar-refractivity contribution in [1.29, 1.82) is 0 Å². The summed E-state index contributed by atoms with van der Waals surface area (Å²) in [5.41, 5.74) is 1.20. The van der Waals surface area contributed by atoms with Crippen LogP contribution < -0.4 is 20.1 Å². The van der Waals surface area contributed by atoms with Crippen molar-refractivity contribution in [3.05, 3.63) is 35.9 Å². The van der Waals surface area contributed by atoms with E-state index in [0.29, 0.717) is 6.79 Å². The largest absolute Gasteiger partial charge is 0.454 e. The molecule has 134 valence electrons. The molecule has 0 fully saturated rings. The summed E-state index contributed by atoms with van der Waals surface area (Å²) in [7, 11) is 1.77. The Morgan fingerprint density at radius 2 is 2.08 bits per heavy atom. The molecule has 8 heteroatoms. The molecule has 2 N–H and O–H groups in total. The first-order chi connectivity index (χ1) is 12.3. The van der Waals surface area contributed by atoms with Crippen LogP contribution in [0.1, 0.15) is 18.3 Å². The van der Waals surface area contributed by atoms with Gasteiger partial charge in [0.1, 0.15) is 12.2 Å². The van der Waals surface area contributed by atoms with Gasteiger partial charge in [0.05, 0.1) is 0 Å². The summed E-state index contributed by atoms with van der Waals surface area (Å²) in [6, 6.07) is 6.04. The lowest BCUT2D eigenvalue weighted by atomic mass is 10.1. The van der Waals surface area contributed by atoms with Gasteiger partial charge in [-0.1, -0.05) is 13.0 Å². The van der Waals surface area contributed by atoms with E-state index < -0.39 is 0 Å². The highest BCUT2D eigenvalue weighted by molar-refractivity contribution is 5.79. The SMILES string of the molecule is CCc1nncn1CCNC(=NC)NCCc1ccc2c(c1)OCO2. The number of aliphatic imine (C=N–C) groups is 1. The molecular weight excluding hydrogens is 320 g/mol. The van der Waals surface area contributed by atoms with Crippen LogP contribution in [0.2, 0.25) is 0 Å². The molecule has 0 unspecified atom stereocenters. The second-order valence-electron chi connectivity index (χ2n) is 5.66. The van der Waals surface area contributed by atoms with Gasteiger partial charge in [-0.15, -0.1) is 10.2 Å². The van der Waals surface area contributed by atoms with E-state index in [2.05, 4.69) is 38.8 Å². The van der Waals surface area contributed by atoms with Crippen LogP contribution in [0.4, 0.5) is 0 Å². The van der Waals surface area contributed by atoms with Gasteiger partial charge < -0.3 is 24.7 Å². The smallest absolute Gasteiger partial charge is 0.231 e. The lowest BCUT2D eigenvalue weighted by Crippen LogP contribution is -2.39. The number of fused-ring (bicyclic) bond motifs is 1. The molecule has 0 spiro atoms. The lowest BCUT2D eigenvalue weighted by Gasteiger charge is -2.12. The molecule has 0 radical (unpaired) electrons. The third-order valence-corrected chi connectivity index (χ3v) is 4.02. The summed E-state index contributed by atoms with van der Waals surface area (Å²) in [5, 5.41) is 14.6. The quantitative estimate of drug-likeness (QED) is 0.575. The van der Waals surface area contributed by atoms with Crippen molar-refractivity contribution in [1.82, 2.24) is 25.4 Å². The van der Waals surface area contributed by atoms with E-state index in [1.807, 2.05) is 16.7 Å². The van der Waals surface area contributed by atoms with Crippen molar-refractivity contribution < 1.29 is 9.47 Å². The summed E-state index contributed by atoms with van der Waals surface area (Å²) >= 11 is 0. The van der Waals surface area contributed by atoms with Crippen molar-refractivity contribution in [2.45, 2.75) is 26.3 Å². The monoisotopic (exact) mass is 344 g/mol. The highest BCUT2D eigenvalue weighted by Crippen LogP contribution is 2.32. The number of aromatic nitrogens is 3. The molecule has 0 amide bonds.